The third-order valence-electron chi connectivity index (χ3n) is 3.55. The van der Waals surface area contributed by atoms with Crippen molar-refractivity contribution < 1.29 is 4.84 Å². The largest absolute Gasteiger partial charge is 0.366 e. The van der Waals surface area contributed by atoms with Gasteiger partial charge in [0.2, 0.25) is 0 Å². The highest BCUT2D eigenvalue weighted by molar-refractivity contribution is 6.33. The monoisotopic (exact) mass is 284 g/mol. The lowest BCUT2D eigenvalue weighted by atomic mass is 9.91. The maximum absolute atomic E-state index is 6.29. The molecule has 1 saturated carbocycles. The van der Waals surface area contributed by atoms with Gasteiger partial charge in [-0.1, -0.05) is 18.5 Å². The predicted molar refractivity (Wildman–Crippen MR) is 76.2 cm³/mol. The van der Waals surface area contributed by atoms with Crippen LogP contribution in [0.15, 0.2) is 6.33 Å². The van der Waals surface area contributed by atoms with E-state index in [0.29, 0.717) is 17.1 Å². The summed E-state index contributed by atoms with van der Waals surface area (Å²) in [7, 11) is 1.66. The highest BCUT2D eigenvalue weighted by atomic mass is 35.5. The van der Waals surface area contributed by atoms with Crippen LogP contribution in [0.3, 0.4) is 0 Å². The fraction of sp³-hybridized carbons (Fsp3) is 0.692. The van der Waals surface area contributed by atoms with Gasteiger partial charge in [0.05, 0.1) is 12.8 Å². The van der Waals surface area contributed by atoms with Gasteiger partial charge in [-0.05, 0) is 32.1 Å². The molecule has 0 aromatic carbocycles. The second kappa shape index (κ2) is 7.03. The van der Waals surface area contributed by atoms with E-state index in [1.807, 2.05) is 6.92 Å². The lowest BCUT2D eigenvalue weighted by Crippen LogP contribution is -2.36. The molecular formula is C13H21ClN4O. The molecule has 0 aliphatic heterocycles. The maximum atomic E-state index is 6.29. The number of anilines is 1. The zero-order chi connectivity index (χ0) is 13.7. The molecule has 106 valence electrons. The van der Waals surface area contributed by atoms with Crippen LogP contribution in [0.4, 0.5) is 5.82 Å². The minimum absolute atomic E-state index is 0.423. The van der Waals surface area contributed by atoms with Crippen molar-refractivity contribution in [1.29, 1.82) is 0 Å². The standard InChI is InChI=1S/C13H21ClN4O/c1-3-11-12(14)13(16-8-15-11)17-9-4-6-10(7-5-9)18-19-2/h8-10,18H,3-7H2,1-2H3,(H,15,16,17)/t9-,10+. The normalized spacial score (nSPS) is 23.3. The van der Waals surface area contributed by atoms with Crippen LogP contribution in [0.2, 0.25) is 5.02 Å². The zero-order valence-electron chi connectivity index (χ0n) is 11.4. The molecule has 0 unspecified atom stereocenters. The van der Waals surface area contributed by atoms with Crippen molar-refractivity contribution in [3.63, 3.8) is 0 Å². The molecule has 19 heavy (non-hydrogen) atoms. The maximum Gasteiger partial charge on any atom is 0.148 e. The molecule has 1 heterocycles. The number of rotatable bonds is 5. The number of hydroxylamine groups is 1. The predicted octanol–water partition coefficient (Wildman–Crippen LogP) is 2.57. The molecule has 0 radical (unpaired) electrons. The van der Waals surface area contributed by atoms with Crippen LogP contribution in [-0.4, -0.2) is 29.2 Å². The molecular weight excluding hydrogens is 264 g/mol. The highest BCUT2D eigenvalue weighted by Crippen LogP contribution is 2.26. The quantitative estimate of drug-likeness (QED) is 0.814. The molecule has 1 aromatic heterocycles. The first-order valence-corrected chi connectivity index (χ1v) is 7.16. The first-order chi connectivity index (χ1) is 9.24. The summed E-state index contributed by atoms with van der Waals surface area (Å²) in [5.74, 6) is 0.761. The van der Waals surface area contributed by atoms with Crippen molar-refractivity contribution in [3.05, 3.63) is 17.0 Å². The average Bonchev–Trinajstić information content (AvgIpc) is 2.43. The SMILES string of the molecule is CCc1ncnc(N[C@H]2CC[C@@H](NOC)CC2)c1Cl. The summed E-state index contributed by atoms with van der Waals surface area (Å²) in [6, 6.07) is 0.877. The second-order valence-electron chi connectivity index (χ2n) is 4.85. The van der Waals surface area contributed by atoms with E-state index in [1.165, 1.54) is 0 Å². The van der Waals surface area contributed by atoms with Crippen LogP contribution >= 0.6 is 11.6 Å². The van der Waals surface area contributed by atoms with Gasteiger partial charge in [-0.15, -0.1) is 0 Å². The number of halogens is 1. The van der Waals surface area contributed by atoms with Crippen LogP contribution in [-0.2, 0) is 11.3 Å². The van der Waals surface area contributed by atoms with Gasteiger partial charge in [0.1, 0.15) is 17.2 Å². The van der Waals surface area contributed by atoms with Gasteiger partial charge in [0, 0.05) is 12.1 Å². The van der Waals surface area contributed by atoms with Crippen molar-refractivity contribution in [2.75, 3.05) is 12.4 Å². The Morgan fingerprint density at radius 2 is 1.95 bits per heavy atom. The molecule has 1 aliphatic rings. The molecule has 5 nitrogen and oxygen atoms in total. The topological polar surface area (TPSA) is 59.1 Å². The molecule has 1 aliphatic carbocycles. The minimum Gasteiger partial charge on any atom is -0.366 e. The number of nitrogens with one attached hydrogen (secondary N) is 2. The second-order valence-corrected chi connectivity index (χ2v) is 5.23. The zero-order valence-corrected chi connectivity index (χ0v) is 12.2. The van der Waals surface area contributed by atoms with E-state index in [4.69, 9.17) is 16.4 Å². The van der Waals surface area contributed by atoms with Crippen molar-refractivity contribution in [2.24, 2.45) is 0 Å². The lowest BCUT2D eigenvalue weighted by molar-refractivity contribution is 0.0479. The van der Waals surface area contributed by atoms with Crippen LogP contribution in [0.1, 0.15) is 38.3 Å². The Morgan fingerprint density at radius 3 is 2.58 bits per heavy atom. The Balaban J connectivity index is 1.92. The third-order valence-corrected chi connectivity index (χ3v) is 3.95. The molecule has 1 fully saturated rings. The number of hydrogen-bond donors (Lipinski definition) is 2. The van der Waals surface area contributed by atoms with E-state index >= 15 is 0 Å². The Hall–Kier alpha value is -0.910. The molecule has 6 heteroatoms. The number of hydrogen-bond acceptors (Lipinski definition) is 5. The Bertz CT molecular complexity index is 408. The van der Waals surface area contributed by atoms with E-state index in [9.17, 15) is 0 Å². The van der Waals surface area contributed by atoms with Crippen molar-refractivity contribution in [1.82, 2.24) is 15.4 Å². The van der Waals surface area contributed by atoms with Crippen LogP contribution in [0, 0.1) is 0 Å². The van der Waals surface area contributed by atoms with Gasteiger partial charge in [-0.25, -0.2) is 9.97 Å². The Labute approximate surface area is 119 Å². The van der Waals surface area contributed by atoms with E-state index in [2.05, 4.69) is 20.8 Å². The minimum atomic E-state index is 0.423. The Kier molecular flexibility index (Phi) is 5.36. The fourth-order valence-electron chi connectivity index (χ4n) is 2.47. The van der Waals surface area contributed by atoms with Crippen molar-refractivity contribution in [2.45, 2.75) is 51.1 Å². The molecule has 2 N–H and O–H groups in total. The molecule has 1 aromatic rings. The van der Waals surface area contributed by atoms with E-state index in [1.54, 1.807) is 13.4 Å². The Morgan fingerprint density at radius 1 is 1.26 bits per heavy atom. The van der Waals surface area contributed by atoms with Crippen LogP contribution in [0.5, 0.6) is 0 Å². The van der Waals surface area contributed by atoms with Crippen LogP contribution < -0.4 is 10.8 Å². The van der Waals surface area contributed by atoms with Gasteiger partial charge in [-0.2, -0.15) is 5.48 Å². The fourth-order valence-corrected chi connectivity index (χ4v) is 2.75. The third kappa shape index (κ3) is 3.78. The smallest absolute Gasteiger partial charge is 0.148 e. The summed E-state index contributed by atoms with van der Waals surface area (Å²) >= 11 is 6.29. The molecule has 0 atom stereocenters. The summed E-state index contributed by atoms with van der Waals surface area (Å²) in [5, 5.41) is 4.09. The van der Waals surface area contributed by atoms with E-state index < -0.39 is 0 Å². The highest BCUT2D eigenvalue weighted by Gasteiger charge is 2.22. The molecule has 2 rings (SSSR count). The number of aryl methyl sites for hydroxylation is 1. The van der Waals surface area contributed by atoms with E-state index in [-0.39, 0.29) is 0 Å². The summed E-state index contributed by atoms with van der Waals surface area (Å²) in [6.07, 6.45) is 6.75. The summed E-state index contributed by atoms with van der Waals surface area (Å²) in [6.45, 7) is 2.04. The van der Waals surface area contributed by atoms with Gasteiger partial charge in [0.15, 0.2) is 0 Å². The number of nitrogens with zero attached hydrogens (tertiary/aromatic N) is 2. The van der Waals surface area contributed by atoms with Gasteiger partial charge >= 0.3 is 0 Å². The molecule has 0 spiro atoms. The van der Waals surface area contributed by atoms with E-state index in [0.717, 1.165) is 43.6 Å². The lowest BCUT2D eigenvalue weighted by Gasteiger charge is -2.29. The van der Waals surface area contributed by atoms with Crippen LogP contribution in [0.25, 0.3) is 0 Å². The average molecular weight is 285 g/mol. The van der Waals surface area contributed by atoms with Gasteiger partial charge in [-0.3, -0.25) is 0 Å². The molecule has 0 amide bonds. The first-order valence-electron chi connectivity index (χ1n) is 6.79. The summed E-state index contributed by atoms with van der Waals surface area (Å²) in [4.78, 5) is 13.4. The van der Waals surface area contributed by atoms with Crippen molar-refractivity contribution >= 4 is 17.4 Å². The first kappa shape index (κ1) is 14.5. The number of aromatic nitrogens is 2. The summed E-state index contributed by atoms with van der Waals surface area (Å²) in [5.41, 5.74) is 3.92. The molecule has 0 saturated heterocycles. The summed E-state index contributed by atoms with van der Waals surface area (Å²) < 4.78 is 0. The van der Waals surface area contributed by atoms with Crippen molar-refractivity contribution in [3.8, 4) is 0 Å². The van der Waals surface area contributed by atoms with Gasteiger partial charge < -0.3 is 10.2 Å². The van der Waals surface area contributed by atoms with Gasteiger partial charge in [0.25, 0.3) is 0 Å². The molecule has 0 bridgehead atoms.